The highest BCUT2D eigenvalue weighted by atomic mass is 35.5. The van der Waals surface area contributed by atoms with Crippen LogP contribution in [0.2, 0.25) is 5.02 Å². The summed E-state index contributed by atoms with van der Waals surface area (Å²) in [6, 6.07) is 5.25. The van der Waals surface area contributed by atoms with Crippen LogP contribution in [0.25, 0.3) is 0 Å². The lowest BCUT2D eigenvalue weighted by atomic mass is 10.1. The number of nitrogens with one attached hydrogen (secondary N) is 1. The van der Waals surface area contributed by atoms with Crippen molar-refractivity contribution in [2.75, 3.05) is 25.5 Å². The normalized spacial score (nSPS) is 20.2. The van der Waals surface area contributed by atoms with Crippen molar-refractivity contribution < 1.29 is 14.4 Å². The molecule has 146 valence electrons. The number of halogens is 1. The molecule has 2 aliphatic rings. The van der Waals surface area contributed by atoms with Crippen molar-refractivity contribution in [1.82, 2.24) is 9.80 Å². The molecule has 3 amide bonds. The average molecular weight is 392 g/mol. The highest BCUT2D eigenvalue weighted by Crippen LogP contribution is 2.30. The van der Waals surface area contributed by atoms with E-state index >= 15 is 0 Å². The Kier molecular flexibility index (Phi) is 6.05. The third-order valence-corrected chi connectivity index (χ3v) is 5.72. The number of carbonyl (C=O) groups is 3. The molecule has 0 bridgehead atoms. The highest BCUT2D eigenvalue weighted by Gasteiger charge is 2.36. The van der Waals surface area contributed by atoms with Crippen molar-refractivity contribution in [2.24, 2.45) is 5.92 Å². The Labute approximate surface area is 164 Å². The highest BCUT2D eigenvalue weighted by molar-refractivity contribution is 6.34. The monoisotopic (exact) mass is 391 g/mol. The minimum Gasteiger partial charge on any atom is -0.341 e. The SMILES string of the molecule is CC(=O)Nc1ccc(C(=O)N(C)CC2CC(=O)N(C3CCCC3)C2)c(Cl)c1. The van der Waals surface area contributed by atoms with Crippen LogP contribution in [-0.2, 0) is 9.59 Å². The number of hydrogen-bond acceptors (Lipinski definition) is 3. The van der Waals surface area contributed by atoms with E-state index in [0.717, 1.165) is 19.4 Å². The number of carbonyl (C=O) groups excluding carboxylic acids is 3. The van der Waals surface area contributed by atoms with E-state index in [1.54, 1.807) is 30.1 Å². The van der Waals surface area contributed by atoms with E-state index in [9.17, 15) is 14.4 Å². The standard InChI is InChI=1S/C20H26ClN3O3/c1-13(25)22-15-7-8-17(18(21)10-15)20(27)23(2)11-14-9-19(26)24(12-14)16-5-3-4-6-16/h7-8,10,14,16H,3-6,9,11-12H2,1-2H3,(H,22,25). The van der Waals surface area contributed by atoms with Gasteiger partial charge >= 0.3 is 0 Å². The van der Waals surface area contributed by atoms with Crippen LogP contribution in [0, 0.1) is 5.92 Å². The average Bonchev–Trinajstić information content (AvgIpc) is 3.23. The number of amides is 3. The van der Waals surface area contributed by atoms with Crippen LogP contribution in [0.15, 0.2) is 18.2 Å². The van der Waals surface area contributed by atoms with Crippen LogP contribution in [0.5, 0.6) is 0 Å². The fourth-order valence-corrected chi connectivity index (χ4v) is 4.41. The first kappa shape index (κ1) is 19.7. The minimum absolute atomic E-state index is 0.157. The van der Waals surface area contributed by atoms with Crippen molar-refractivity contribution >= 4 is 35.0 Å². The summed E-state index contributed by atoms with van der Waals surface area (Å²) in [6.45, 7) is 2.67. The second-order valence-electron chi connectivity index (χ2n) is 7.62. The lowest BCUT2D eigenvalue weighted by molar-refractivity contribution is -0.129. The lowest BCUT2D eigenvalue weighted by Crippen LogP contribution is -2.36. The Morgan fingerprint density at radius 3 is 2.63 bits per heavy atom. The van der Waals surface area contributed by atoms with Crippen LogP contribution in [-0.4, -0.2) is 53.7 Å². The van der Waals surface area contributed by atoms with Crippen molar-refractivity contribution in [3.05, 3.63) is 28.8 Å². The van der Waals surface area contributed by atoms with Gasteiger partial charge in [-0.1, -0.05) is 24.4 Å². The van der Waals surface area contributed by atoms with E-state index < -0.39 is 0 Å². The summed E-state index contributed by atoms with van der Waals surface area (Å²) in [6.07, 6.45) is 5.10. The van der Waals surface area contributed by atoms with Gasteiger partial charge in [0.15, 0.2) is 0 Å². The van der Waals surface area contributed by atoms with E-state index in [1.165, 1.54) is 19.8 Å². The van der Waals surface area contributed by atoms with Gasteiger partial charge in [-0.2, -0.15) is 0 Å². The Bertz CT molecular complexity index is 746. The number of hydrogen-bond donors (Lipinski definition) is 1. The molecule has 1 atom stereocenters. The second kappa shape index (κ2) is 8.30. The summed E-state index contributed by atoms with van der Waals surface area (Å²) in [4.78, 5) is 39.9. The molecule has 1 saturated heterocycles. The fourth-order valence-electron chi connectivity index (χ4n) is 4.15. The van der Waals surface area contributed by atoms with Crippen LogP contribution in [0.3, 0.4) is 0 Å². The fraction of sp³-hybridized carbons (Fsp3) is 0.550. The zero-order valence-electron chi connectivity index (χ0n) is 15.8. The van der Waals surface area contributed by atoms with E-state index in [1.807, 2.05) is 4.90 Å². The minimum atomic E-state index is -0.194. The molecule has 1 saturated carbocycles. The van der Waals surface area contributed by atoms with Gasteiger partial charge in [0.05, 0.1) is 10.6 Å². The zero-order valence-corrected chi connectivity index (χ0v) is 16.6. The second-order valence-corrected chi connectivity index (χ2v) is 8.02. The molecule has 0 radical (unpaired) electrons. The van der Waals surface area contributed by atoms with Crippen LogP contribution in [0.4, 0.5) is 5.69 Å². The summed E-state index contributed by atoms with van der Waals surface area (Å²) in [5.74, 6) is -0.00367. The van der Waals surface area contributed by atoms with E-state index in [4.69, 9.17) is 11.6 Å². The largest absolute Gasteiger partial charge is 0.341 e. The Balaban J connectivity index is 1.61. The molecule has 1 unspecified atom stereocenters. The van der Waals surface area contributed by atoms with Gasteiger partial charge in [-0.25, -0.2) is 0 Å². The van der Waals surface area contributed by atoms with Gasteiger partial charge < -0.3 is 15.1 Å². The molecule has 0 spiro atoms. The van der Waals surface area contributed by atoms with Crippen molar-refractivity contribution in [2.45, 2.75) is 45.1 Å². The Morgan fingerprint density at radius 1 is 1.30 bits per heavy atom. The summed E-state index contributed by atoms with van der Waals surface area (Å²) >= 11 is 6.24. The molecule has 27 heavy (non-hydrogen) atoms. The number of likely N-dealkylation sites (tertiary alicyclic amines) is 1. The van der Waals surface area contributed by atoms with Crippen LogP contribution in [0.1, 0.15) is 49.4 Å². The molecular formula is C20H26ClN3O3. The molecule has 0 aromatic heterocycles. The third-order valence-electron chi connectivity index (χ3n) is 5.40. The van der Waals surface area contributed by atoms with Crippen LogP contribution < -0.4 is 5.32 Å². The molecule has 3 rings (SSSR count). The maximum atomic E-state index is 12.8. The van der Waals surface area contributed by atoms with Gasteiger partial charge in [-0.15, -0.1) is 0 Å². The molecule has 1 aliphatic carbocycles. The number of nitrogens with zero attached hydrogens (tertiary/aromatic N) is 2. The summed E-state index contributed by atoms with van der Waals surface area (Å²) < 4.78 is 0. The number of anilines is 1. The van der Waals surface area contributed by atoms with Gasteiger partial charge in [-0.05, 0) is 31.0 Å². The quantitative estimate of drug-likeness (QED) is 0.838. The predicted molar refractivity (Wildman–Crippen MR) is 105 cm³/mol. The van der Waals surface area contributed by atoms with Gasteiger partial charge in [-0.3, -0.25) is 14.4 Å². The zero-order chi connectivity index (χ0) is 19.6. The smallest absolute Gasteiger partial charge is 0.255 e. The first-order valence-corrected chi connectivity index (χ1v) is 9.85. The molecule has 1 heterocycles. The Morgan fingerprint density at radius 2 is 2.00 bits per heavy atom. The van der Waals surface area contributed by atoms with Crippen molar-refractivity contribution in [3.8, 4) is 0 Å². The van der Waals surface area contributed by atoms with Gasteiger partial charge in [0.1, 0.15) is 0 Å². The lowest BCUT2D eigenvalue weighted by Gasteiger charge is -2.25. The van der Waals surface area contributed by atoms with Gasteiger partial charge in [0.25, 0.3) is 5.91 Å². The van der Waals surface area contributed by atoms with E-state index in [2.05, 4.69) is 5.32 Å². The first-order chi connectivity index (χ1) is 12.8. The first-order valence-electron chi connectivity index (χ1n) is 9.47. The molecule has 1 N–H and O–H groups in total. The molecule has 6 nitrogen and oxygen atoms in total. The van der Waals surface area contributed by atoms with Gasteiger partial charge in [0.2, 0.25) is 11.8 Å². The number of benzene rings is 1. The Hall–Kier alpha value is -2.08. The van der Waals surface area contributed by atoms with E-state index in [0.29, 0.717) is 35.3 Å². The van der Waals surface area contributed by atoms with Crippen LogP contribution >= 0.6 is 11.6 Å². The summed E-state index contributed by atoms with van der Waals surface area (Å²) in [5, 5.41) is 2.94. The molecule has 1 aromatic carbocycles. The van der Waals surface area contributed by atoms with Crippen molar-refractivity contribution in [1.29, 1.82) is 0 Å². The maximum Gasteiger partial charge on any atom is 0.255 e. The van der Waals surface area contributed by atoms with Crippen molar-refractivity contribution in [3.63, 3.8) is 0 Å². The summed E-state index contributed by atoms with van der Waals surface area (Å²) in [7, 11) is 1.74. The molecule has 2 fully saturated rings. The molecular weight excluding hydrogens is 366 g/mol. The maximum absolute atomic E-state index is 12.8. The summed E-state index contributed by atoms with van der Waals surface area (Å²) in [5.41, 5.74) is 0.950. The number of rotatable bonds is 5. The van der Waals surface area contributed by atoms with Gasteiger partial charge in [0, 0.05) is 51.1 Å². The molecule has 7 heteroatoms. The predicted octanol–water partition coefficient (Wildman–Crippen LogP) is 3.16. The third kappa shape index (κ3) is 4.61. The van der Waals surface area contributed by atoms with E-state index in [-0.39, 0.29) is 23.6 Å². The molecule has 1 aromatic rings. The topological polar surface area (TPSA) is 69.7 Å². The molecule has 1 aliphatic heterocycles.